The molecular weight excluding hydrogens is 268 g/mol. The van der Waals surface area contributed by atoms with Crippen LogP contribution in [0.1, 0.15) is 42.2 Å². The van der Waals surface area contributed by atoms with E-state index in [0.29, 0.717) is 37.9 Å². The zero-order valence-corrected chi connectivity index (χ0v) is 12.3. The Kier molecular flexibility index (Phi) is 3.71. The molecule has 5 heteroatoms. The van der Waals surface area contributed by atoms with Gasteiger partial charge in [-0.05, 0) is 31.4 Å². The van der Waals surface area contributed by atoms with Gasteiger partial charge in [-0.1, -0.05) is 6.92 Å². The van der Waals surface area contributed by atoms with Gasteiger partial charge >= 0.3 is 0 Å². The molecule has 0 unspecified atom stereocenters. The molecule has 1 aliphatic heterocycles. The summed E-state index contributed by atoms with van der Waals surface area (Å²) in [5.74, 6) is 0.0188. The molecule has 3 rings (SSSR count). The lowest BCUT2D eigenvalue weighted by molar-refractivity contribution is -0.187. The average Bonchev–Trinajstić information content (AvgIpc) is 2.54. The Morgan fingerprint density at radius 2 is 2.05 bits per heavy atom. The standard InChI is InChI=1S/C16H22N2O3/c1-2-12-9-11(3-6-17-12)15(21)18-7-4-16(5-8-18)13(19)10-14(16)20/h3,6,9,13-14,19-20H,2,4-5,7-8,10H2,1H3/t13-,14+. The molecule has 1 aliphatic carbocycles. The molecule has 5 nitrogen and oxygen atoms in total. The lowest BCUT2D eigenvalue weighted by Gasteiger charge is -2.55. The van der Waals surface area contributed by atoms with Crippen molar-refractivity contribution in [3.8, 4) is 0 Å². The SMILES string of the molecule is CCc1cc(C(=O)N2CCC3(CC2)[C@H](O)C[C@@H]3O)ccn1. The molecule has 0 bridgehead atoms. The quantitative estimate of drug-likeness (QED) is 0.852. The van der Waals surface area contributed by atoms with Crippen LogP contribution in [0.2, 0.25) is 0 Å². The average molecular weight is 290 g/mol. The Bertz CT molecular complexity index is 528. The highest BCUT2D eigenvalue weighted by Gasteiger charge is 2.55. The van der Waals surface area contributed by atoms with Gasteiger partial charge in [-0.25, -0.2) is 0 Å². The summed E-state index contributed by atoms with van der Waals surface area (Å²) >= 11 is 0. The summed E-state index contributed by atoms with van der Waals surface area (Å²) in [6.07, 6.45) is 3.46. The van der Waals surface area contributed by atoms with Gasteiger partial charge in [0.05, 0.1) is 12.2 Å². The van der Waals surface area contributed by atoms with Crippen molar-refractivity contribution in [1.29, 1.82) is 0 Å². The van der Waals surface area contributed by atoms with Gasteiger partial charge in [0.15, 0.2) is 0 Å². The van der Waals surface area contributed by atoms with Crippen molar-refractivity contribution in [1.82, 2.24) is 9.88 Å². The summed E-state index contributed by atoms with van der Waals surface area (Å²) in [4.78, 5) is 18.6. The van der Waals surface area contributed by atoms with Gasteiger partial charge in [0, 0.05) is 42.4 Å². The molecule has 2 atom stereocenters. The van der Waals surface area contributed by atoms with Crippen molar-refractivity contribution in [3.63, 3.8) is 0 Å². The molecule has 1 saturated heterocycles. The van der Waals surface area contributed by atoms with Gasteiger partial charge in [0.2, 0.25) is 0 Å². The zero-order chi connectivity index (χ0) is 15.0. The largest absolute Gasteiger partial charge is 0.392 e. The Morgan fingerprint density at radius 1 is 1.38 bits per heavy atom. The number of hydrogen-bond acceptors (Lipinski definition) is 4. The minimum absolute atomic E-state index is 0.0188. The third-order valence-corrected chi connectivity index (χ3v) is 5.18. The first kappa shape index (κ1) is 14.5. The Labute approximate surface area is 124 Å². The van der Waals surface area contributed by atoms with Gasteiger partial charge in [-0.2, -0.15) is 0 Å². The second kappa shape index (κ2) is 5.39. The molecule has 2 heterocycles. The van der Waals surface area contributed by atoms with Crippen LogP contribution in [0, 0.1) is 5.41 Å². The highest BCUT2D eigenvalue weighted by Crippen LogP contribution is 2.49. The molecule has 0 aromatic carbocycles. The van der Waals surface area contributed by atoms with E-state index in [4.69, 9.17) is 0 Å². The van der Waals surface area contributed by atoms with Crippen LogP contribution >= 0.6 is 0 Å². The molecule has 1 aromatic rings. The normalized spacial score (nSPS) is 27.5. The van der Waals surface area contributed by atoms with Gasteiger partial charge in [0.1, 0.15) is 0 Å². The summed E-state index contributed by atoms with van der Waals surface area (Å²) in [7, 11) is 0. The van der Waals surface area contributed by atoms with Crippen molar-refractivity contribution < 1.29 is 15.0 Å². The number of aliphatic hydroxyl groups is 2. The summed E-state index contributed by atoms with van der Waals surface area (Å²) in [5.41, 5.74) is 1.22. The van der Waals surface area contributed by atoms with E-state index in [1.807, 2.05) is 17.9 Å². The summed E-state index contributed by atoms with van der Waals surface area (Å²) in [6, 6.07) is 3.60. The smallest absolute Gasteiger partial charge is 0.253 e. The summed E-state index contributed by atoms with van der Waals surface area (Å²) in [6.45, 7) is 3.20. The van der Waals surface area contributed by atoms with Gasteiger partial charge < -0.3 is 15.1 Å². The van der Waals surface area contributed by atoms with Crippen LogP contribution in [0.5, 0.6) is 0 Å². The maximum atomic E-state index is 12.5. The first-order chi connectivity index (χ1) is 10.1. The van der Waals surface area contributed by atoms with E-state index >= 15 is 0 Å². The maximum Gasteiger partial charge on any atom is 0.253 e. The number of nitrogens with zero attached hydrogens (tertiary/aromatic N) is 2. The number of pyridine rings is 1. The fraction of sp³-hybridized carbons (Fsp3) is 0.625. The van der Waals surface area contributed by atoms with E-state index in [1.54, 1.807) is 12.3 Å². The number of aliphatic hydroxyl groups excluding tert-OH is 2. The highest BCUT2D eigenvalue weighted by molar-refractivity contribution is 5.94. The number of carbonyl (C=O) groups excluding carboxylic acids is 1. The fourth-order valence-corrected chi connectivity index (χ4v) is 3.52. The van der Waals surface area contributed by atoms with Crippen LogP contribution in [0.3, 0.4) is 0 Å². The van der Waals surface area contributed by atoms with Crippen LogP contribution in [0.25, 0.3) is 0 Å². The van der Waals surface area contributed by atoms with E-state index in [9.17, 15) is 15.0 Å². The lowest BCUT2D eigenvalue weighted by Crippen LogP contribution is -2.61. The molecule has 114 valence electrons. The third kappa shape index (κ3) is 2.34. The first-order valence-electron chi connectivity index (χ1n) is 7.67. The van der Waals surface area contributed by atoms with E-state index in [0.717, 1.165) is 12.1 Å². The number of rotatable bonds is 2. The number of aromatic nitrogens is 1. The molecular formula is C16H22N2O3. The molecule has 2 aliphatic rings. The summed E-state index contributed by atoms with van der Waals surface area (Å²) in [5, 5.41) is 19.9. The molecule has 1 saturated carbocycles. The Balaban J connectivity index is 1.68. The Morgan fingerprint density at radius 3 is 2.62 bits per heavy atom. The van der Waals surface area contributed by atoms with E-state index < -0.39 is 12.2 Å². The molecule has 1 amide bonds. The number of aryl methyl sites for hydroxylation is 1. The predicted octanol–water partition coefficient (Wildman–Crippen LogP) is 0.992. The second-order valence-electron chi connectivity index (χ2n) is 6.18. The van der Waals surface area contributed by atoms with Gasteiger partial charge in [-0.3, -0.25) is 9.78 Å². The van der Waals surface area contributed by atoms with Crippen LogP contribution in [-0.2, 0) is 6.42 Å². The van der Waals surface area contributed by atoms with Crippen molar-refractivity contribution in [2.45, 2.75) is 44.8 Å². The van der Waals surface area contributed by atoms with Crippen molar-refractivity contribution in [2.24, 2.45) is 5.41 Å². The number of piperidine rings is 1. The van der Waals surface area contributed by atoms with Crippen molar-refractivity contribution >= 4 is 5.91 Å². The van der Waals surface area contributed by atoms with Gasteiger partial charge in [0.25, 0.3) is 5.91 Å². The fourth-order valence-electron chi connectivity index (χ4n) is 3.52. The Hall–Kier alpha value is -1.46. The monoisotopic (exact) mass is 290 g/mol. The van der Waals surface area contributed by atoms with Crippen molar-refractivity contribution in [2.75, 3.05) is 13.1 Å². The number of likely N-dealkylation sites (tertiary alicyclic amines) is 1. The summed E-state index contributed by atoms with van der Waals surface area (Å²) < 4.78 is 0. The van der Waals surface area contributed by atoms with Crippen molar-refractivity contribution in [3.05, 3.63) is 29.6 Å². The first-order valence-corrected chi connectivity index (χ1v) is 7.67. The topological polar surface area (TPSA) is 73.7 Å². The molecule has 2 N–H and O–H groups in total. The molecule has 0 radical (unpaired) electrons. The molecule has 21 heavy (non-hydrogen) atoms. The number of amides is 1. The van der Waals surface area contributed by atoms with Crippen LogP contribution in [0.4, 0.5) is 0 Å². The number of hydrogen-bond donors (Lipinski definition) is 2. The minimum atomic E-state index is -0.419. The molecule has 1 aromatic heterocycles. The zero-order valence-electron chi connectivity index (χ0n) is 12.3. The third-order valence-electron chi connectivity index (χ3n) is 5.18. The minimum Gasteiger partial charge on any atom is -0.392 e. The molecule has 1 spiro atoms. The maximum absolute atomic E-state index is 12.5. The highest BCUT2D eigenvalue weighted by atomic mass is 16.3. The lowest BCUT2D eigenvalue weighted by atomic mass is 9.58. The van der Waals surface area contributed by atoms with Crippen LogP contribution < -0.4 is 0 Å². The predicted molar refractivity (Wildman–Crippen MR) is 77.8 cm³/mol. The van der Waals surface area contributed by atoms with Gasteiger partial charge in [-0.15, -0.1) is 0 Å². The van der Waals surface area contributed by atoms with E-state index in [-0.39, 0.29) is 11.3 Å². The number of carbonyl (C=O) groups is 1. The van der Waals surface area contributed by atoms with Crippen LogP contribution in [-0.4, -0.2) is 51.3 Å². The second-order valence-corrected chi connectivity index (χ2v) is 6.18. The van der Waals surface area contributed by atoms with E-state index in [1.165, 1.54) is 0 Å². The molecule has 2 fully saturated rings. The van der Waals surface area contributed by atoms with E-state index in [2.05, 4.69) is 4.98 Å². The van der Waals surface area contributed by atoms with Crippen LogP contribution in [0.15, 0.2) is 18.3 Å².